The summed E-state index contributed by atoms with van der Waals surface area (Å²) < 4.78 is 0. The Kier molecular flexibility index (Phi) is 2.34. The summed E-state index contributed by atoms with van der Waals surface area (Å²) in [6.45, 7) is 1.63. The van der Waals surface area contributed by atoms with Gasteiger partial charge < -0.3 is 5.11 Å². The van der Waals surface area contributed by atoms with E-state index in [0.29, 0.717) is 0 Å². The number of carboxylic acids is 1. The van der Waals surface area contributed by atoms with E-state index in [1.807, 2.05) is 11.5 Å². The fourth-order valence-corrected chi connectivity index (χ4v) is 1.17. The van der Waals surface area contributed by atoms with Gasteiger partial charge in [-0.05, 0) is 12.3 Å². The lowest BCUT2D eigenvalue weighted by atomic mass is 10.3. The van der Waals surface area contributed by atoms with Crippen molar-refractivity contribution in [2.24, 2.45) is 0 Å². The Bertz CT molecular complexity index is 169. The zero-order chi connectivity index (χ0) is 7.56. The molecular formula is C6H9NO2S. The SMILES string of the molecule is C[C@H](NC1C=CS1)C(=O)O. The maximum Gasteiger partial charge on any atom is 0.320 e. The molecule has 0 bridgehead atoms. The summed E-state index contributed by atoms with van der Waals surface area (Å²) in [6.07, 6.45) is 1.93. The molecule has 0 aromatic carbocycles. The summed E-state index contributed by atoms with van der Waals surface area (Å²) in [5.74, 6) is -0.805. The van der Waals surface area contributed by atoms with Crippen LogP contribution in [0.15, 0.2) is 11.5 Å². The summed E-state index contributed by atoms with van der Waals surface area (Å²) in [5.41, 5.74) is 0. The molecule has 2 N–H and O–H groups in total. The van der Waals surface area contributed by atoms with Crippen molar-refractivity contribution in [3.8, 4) is 0 Å². The van der Waals surface area contributed by atoms with Gasteiger partial charge in [-0.25, -0.2) is 0 Å². The molecule has 0 amide bonds. The predicted molar refractivity (Wildman–Crippen MR) is 40.8 cm³/mol. The van der Waals surface area contributed by atoms with E-state index in [4.69, 9.17) is 5.11 Å². The molecule has 1 unspecified atom stereocenters. The first-order valence-corrected chi connectivity index (χ1v) is 3.95. The second kappa shape index (κ2) is 3.07. The topological polar surface area (TPSA) is 49.3 Å². The van der Waals surface area contributed by atoms with Crippen molar-refractivity contribution in [3.05, 3.63) is 11.5 Å². The van der Waals surface area contributed by atoms with Crippen LogP contribution in [-0.4, -0.2) is 22.5 Å². The van der Waals surface area contributed by atoms with Gasteiger partial charge in [0.2, 0.25) is 0 Å². The van der Waals surface area contributed by atoms with E-state index in [1.54, 1.807) is 18.7 Å². The monoisotopic (exact) mass is 159 g/mol. The standard InChI is InChI=1S/C6H9NO2S/c1-4(6(8)9)7-5-2-3-10-5/h2-5,7H,1H3,(H,8,9)/t4-,5?/m0/s1. The number of rotatable bonds is 3. The average molecular weight is 159 g/mol. The molecule has 1 aliphatic rings. The van der Waals surface area contributed by atoms with Crippen LogP contribution in [0.2, 0.25) is 0 Å². The van der Waals surface area contributed by atoms with Gasteiger partial charge in [0.15, 0.2) is 0 Å². The minimum Gasteiger partial charge on any atom is -0.480 e. The fourth-order valence-electron chi connectivity index (χ4n) is 0.570. The Labute approximate surface area is 63.5 Å². The number of hydrogen-bond donors (Lipinski definition) is 2. The average Bonchev–Trinajstić information content (AvgIpc) is 1.77. The van der Waals surface area contributed by atoms with Crippen molar-refractivity contribution in [3.63, 3.8) is 0 Å². The lowest BCUT2D eigenvalue weighted by Gasteiger charge is -2.20. The number of nitrogens with one attached hydrogen (secondary N) is 1. The van der Waals surface area contributed by atoms with Crippen LogP contribution in [0.25, 0.3) is 0 Å². The van der Waals surface area contributed by atoms with Crippen LogP contribution < -0.4 is 5.32 Å². The number of hydrogen-bond acceptors (Lipinski definition) is 3. The number of thioether (sulfide) groups is 1. The van der Waals surface area contributed by atoms with Gasteiger partial charge in [0, 0.05) is 0 Å². The van der Waals surface area contributed by atoms with Gasteiger partial charge in [0.1, 0.15) is 6.04 Å². The van der Waals surface area contributed by atoms with Crippen LogP contribution in [-0.2, 0) is 4.79 Å². The Hall–Kier alpha value is -0.480. The highest BCUT2D eigenvalue weighted by Gasteiger charge is 2.17. The summed E-state index contributed by atoms with van der Waals surface area (Å²) >= 11 is 1.60. The van der Waals surface area contributed by atoms with Crippen LogP contribution in [0, 0.1) is 0 Å². The first-order chi connectivity index (χ1) is 4.70. The Morgan fingerprint density at radius 3 is 2.80 bits per heavy atom. The molecule has 1 rings (SSSR count). The fraction of sp³-hybridized carbons (Fsp3) is 0.500. The summed E-state index contributed by atoms with van der Waals surface area (Å²) in [7, 11) is 0. The molecule has 0 aromatic rings. The third kappa shape index (κ3) is 1.75. The summed E-state index contributed by atoms with van der Waals surface area (Å²) in [4.78, 5) is 10.3. The van der Waals surface area contributed by atoms with Crippen LogP contribution >= 0.6 is 11.8 Å². The van der Waals surface area contributed by atoms with Crippen molar-refractivity contribution in [1.29, 1.82) is 0 Å². The smallest absolute Gasteiger partial charge is 0.320 e. The van der Waals surface area contributed by atoms with E-state index < -0.39 is 12.0 Å². The molecule has 0 spiro atoms. The zero-order valence-electron chi connectivity index (χ0n) is 5.57. The van der Waals surface area contributed by atoms with E-state index in [2.05, 4.69) is 5.32 Å². The molecule has 0 saturated carbocycles. The van der Waals surface area contributed by atoms with Gasteiger partial charge in [0.25, 0.3) is 0 Å². The molecule has 0 aliphatic carbocycles. The largest absolute Gasteiger partial charge is 0.480 e. The van der Waals surface area contributed by atoms with E-state index >= 15 is 0 Å². The predicted octanol–water partition coefficient (Wildman–Crippen LogP) is 0.636. The molecular weight excluding hydrogens is 150 g/mol. The third-order valence-corrected chi connectivity index (χ3v) is 2.16. The van der Waals surface area contributed by atoms with E-state index in [-0.39, 0.29) is 5.37 Å². The van der Waals surface area contributed by atoms with E-state index in [9.17, 15) is 4.79 Å². The maximum absolute atomic E-state index is 10.3. The molecule has 0 fully saturated rings. The van der Waals surface area contributed by atoms with E-state index in [0.717, 1.165) is 0 Å². The van der Waals surface area contributed by atoms with Crippen molar-refractivity contribution < 1.29 is 9.90 Å². The number of carbonyl (C=O) groups is 1. The molecule has 3 nitrogen and oxygen atoms in total. The summed E-state index contributed by atoms with van der Waals surface area (Å²) in [6, 6.07) is -0.456. The normalized spacial score (nSPS) is 25.5. The third-order valence-electron chi connectivity index (χ3n) is 1.26. The van der Waals surface area contributed by atoms with Crippen molar-refractivity contribution in [2.45, 2.75) is 18.3 Å². The van der Waals surface area contributed by atoms with Crippen molar-refractivity contribution in [1.82, 2.24) is 5.32 Å². The number of carboxylic acid groups (broad SMARTS) is 1. The molecule has 2 atom stereocenters. The summed E-state index contributed by atoms with van der Waals surface area (Å²) in [5, 5.41) is 13.5. The van der Waals surface area contributed by atoms with Crippen molar-refractivity contribution >= 4 is 17.7 Å². The molecule has 10 heavy (non-hydrogen) atoms. The van der Waals surface area contributed by atoms with Crippen LogP contribution in [0.1, 0.15) is 6.92 Å². The highest BCUT2D eigenvalue weighted by Crippen LogP contribution is 2.21. The molecule has 0 radical (unpaired) electrons. The molecule has 0 aromatic heterocycles. The Morgan fingerprint density at radius 1 is 1.90 bits per heavy atom. The van der Waals surface area contributed by atoms with E-state index in [1.165, 1.54) is 0 Å². The van der Waals surface area contributed by atoms with Gasteiger partial charge in [-0.3, -0.25) is 10.1 Å². The quantitative estimate of drug-likeness (QED) is 0.634. The lowest BCUT2D eigenvalue weighted by molar-refractivity contribution is -0.138. The van der Waals surface area contributed by atoms with Gasteiger partial charge in [-0.1, -0.05) is 6.08 Å². The highest BCUT2D eigenvalue weighted by atomic mass is 32.2. The Morgan fingerprint density at radius 2 is 2.50 bits per heavy atom. The van der Waals surface area contributed by atoms with Gasteiger partial charge in [-0.2, -0.15) is 0 Å². The lowest BCUT2D eigenvalue weighted by Crippen LogP contribution is -2.40. The second-order valence-electron chi connectivity index (χ2n) is 2.11. The molecule has 56 valence electrons. The second-order valence-corrected chi connectivity index (χ2v) is 3.16. The minimum absolute atomic E-state index is 0.200. The van der Waals surface area contributed by atoms with Crippen molar-refractivity contribution in [2.75, 3.05) is 0 Å². The van der Waals surface area contributed by atoms with Gasteiger partial charge >= 0.3 is 5.97 Å². The number of aliphatic carboxylic acids is 1. The minimum atomic E-state index is -0.805. The molecule has 0 saturated heterocycles. The molecule has 4 heteroatoms. The molecule has 1 aliphatic heterocycles. The van der Waals surface area contributed by atoms with Gasteiger partial charge in [0.05, 0.1) is 5.37 Å². The van der Waals surface area contributed by atoms with Crippen LogP contribution in [0.3, 0.4) is 0 Å². The maximum atomic E-state index is 10.3. The first-order valence-electron chi connectivity index (χ1n) is 3.01. The van der Waals surface area contributed by atoms with Gasteiger partial charge in [-0.15, -0.1) is 11.8 Å². The Balaban J connectivity index is 2.24. The molecule has 1 heterocycles. The van der Waals surface area contributed by atoms with Crippen LogP contribution in [0.4, 0.5) is 0 Å². The highest BCUT2D eigenvalue weighted by molar-refractivity contribution is 8.04. The van der Waals surface area contributed by atoms with Crippen LogP contribution in [0.5, 0.6) is 0 Å². The first kappa shape index (κ1) is 7.63. The zero-order valence-corrected chi connectivity index (χ0v) is 6.39.